The van der Waals surface area contributed by atoms with Gasteiger partial charge in [-0.15, -0.1) is 0 Å². The van der Waals surface area contributed by atoms with Crippen LogP contribution in [0.2, 0.25) is 5.02 Å². The van der Waals surface area contributed by atoms with Gasteiger partial charge in [0.25, 0.3) is 5.69 Å². The zero-order chi connectivity index (χ0) is 12.3. The molecular weight excluding hydrogens is 244 g/mol. The molecule has 5 nitrogen and oxygen atoms in total. The molecule has 0 saturated heterocycles. The van der Waals surface area contributed by atoms with Crippen LogP contribution in [0.5, 0.6) is 11.6 Å². The van der Waals surface area contributed by atoms with E-state index in [4.69, 9.17) is 16.3 Å². The van der Waals surface area contributed by atoms with Crippen molar-refractivity contribution >= 4 is 17.3 Å². The Morgan fingerprint density at radius 2 is 1.88 bits per heavy atom. The fourth-order valence-electron chi connectivity index (χ4n) is 1.18. The standard InChI is InChI=1S/C11H7ClN2O3/c12-8-1-6-11(13-7-8)17-10-4-2-9(3-5-10)14(15)16/h1-7H. The molecule has 0 spiro atoms. The van der Waals surface area contributed by atoms with Crippen LogP contribution >= 0.6 is 11.6 Å². The monoisotopic (exact) mass is 250 g/mol. The van der Waals surface area contributed by atoms with E-state index in [1.54, 1.807) is 12.1 Å². The Labute approximate surface area is 102 Å². The molecular formula is C11H7ClN2O3. The summed E-state index contributed by atoms with van der Waals surface area (Å²) in [5.74, 6) is 0.855. The van der Waals surface area contributed by atoms with Crippen LogP contribution in [0.25, 0.3) is 0 Å². The summed E-state index contributed by atoms with van der Waals surface area (Å²) in [6.45, 7) is 0. The van der Waals surface area contributed by atoms with Gasteiger partial charge >= 0.3 is 0 Å². The van der Waals surface area contributed by atoms with Gasteiger partial charge in [0.15, 0.2) is 0 Å². The number of pyridine rings is 1. The molecule has 6 heteroatoms. The molecule has 0 amide bonds. The Balaban J connectivity index is 2.13. The number of nitro groups is 1. The lowest BCUT2D eigenvalue weighted by molar-refractivity contribution is -0.384. The predicted molar refractivity (Wildman–Crippen MR) is 62.4 cm³/mol. The molecule has 0 aliphatic heterocycles. The first-order chi connectivity index (χ1) is 8.15. The molecule has 0 aliphatic rings. The second-order valence-corrected chi connectivity index (χ2v) is 3.60. The Morgan fingerprint density at radius 3 is 2.41 bits per heavy atom. The van der Waals surface area contributed by atoms with Gasteiger partial charge in [-0.3, -0.25) is 10.1 Å². The van der Waals surface area contributed by atoms with Gasteiger partial charge in [-0.05, 0) is 18.2 Å². The third kappa shape index (κ3) is 2.92. The Kier molecular flexibility index (Phi) is 3.20. The van der Waals surface area contributed by atoms with E-state index in [0.29, 0.717) is 16.7 Å². The first kappa shape index (κ1) is 11.3. The molecule has 0 atom stereocenters. The molecule has 2 rings (SSSR count). The highest BCUT2D eigenvalue weighted by Gasteiger charge is 2.05. The zero-order valence-electron chi connectivity index (χ0n) is 8.54. The van der Waals surface area contributed by atoms with Crippen LogP contribution in [-0.4, -0.2) is 9.91 Å². The summed E-state index contributed by atoms with van der Waals surface area (Å²) in [6, 6.07) is 9.01. The highest BCUT2D eigenvalue weighted by molar-refractivity contribution is 6.30. The number of halogens is 1. The smallest absolute Gasteiger partial charge is 0.269 e. The third-order valence-corrected chi connectivity index (χ3v) is 2.19. The van der Waals surface area contributed by atoms with Crippen molar-refractivity contribution in [3.63, 3.8) is 0 Å². The number of hydrogen-bond donors (Lipinski definition) is 0. The number of nitro benzene ring substituents is 1. The Morgan fingerprint density at radius 1 is 1.18 bits per heavy atom. The van der Waals surface area contributed by atoms with Crippen molar-refractivity contribution in [2.45, 2.75) is 0 Å². The van der Waals surface area contributed by atoms with Gasteiger partial charge in [0, 0.05) is 24.4 Å². The number of non-ortho nitro benzene ring substituents is 1. The molecule has 0 unspecified atom stereocenters. The van der Waals surface area contributed by atoms with Gasteiger partial charge in [0.1, 0.15) is 5.75 Å². The van der Waals surface area contributed by atoms with Gasteiger partial charge in [-0.1, -0.05) is 11.6 Å². The number of aromatic nitrogens is 1. The van der Waals surface area contributed by atoms with Crippen molar-refractivity contribution in [1.29, 1.82) is 0 Å². The van der Waals surface area contributed by atoms with Crippen LogP contribution in [0.15, 0.2) is 42.6 Å². The molecule has 1 heterocycles. The molecule has 1 aromatic heterocycles. The third-order valence-electron chi connectivity index (χ3n) is 1.97. The Hall–Kier alpha value is -2.14. The summed E-state index contributed by atoms with van der Waals surface area (Å²) in [6.07, 6.45) is 1.46. The topological polar surface area (TPSA) is 65.3 Å². The molecule has 1 aromatic carbocycles. The quantitative estimate of drug-likeness (QED) is 0.618. The van der Waals surface area contributed by atoms with E-state index in [2.05, 4.69) is 4.98 Å². The molecule has 0 bridgehead atoms. The van der Waals surface area contributed by atoms with Crippen LogP contribution in [0.1, 0.15) is 0 Å². The molecule has 2 aromatic rings. The number of nitrogens with zero attached hydrogens (tertiary/aromatic N) is 2. The molecule has 0 radical (unpaired) electrons. The van der Waals surface area contributed by atoms with Crippen LogP contribution in [-0.2, 0) is 0 Å². The largest absolute Gasteiger partial charge is 0.439 e. The van der Waals surface area contributed by atoms with Crippen LogP contribution in [0.3, 0.4) is 0 Å². The van der Waals surface area contributed by atoms with Crippen LogP contribution < -0.4 is 4.74 Å². The average molecular weight is 251 g/mol. The van der Waals surface area contributed by atoms with Crippen molar-refractivity contribution in [2.24, 2.45) is 0 Å². The van der Waals surface area contributed by atoms with Crippen molar-refractivity contribution in [3.05, 3.63) is 57.7 Å². The fourth-order valence-corrected chi connectivity index (χ4v) is 1.29. The maximum Gasteiger partial charge on any atom is 0.269 e. The van der Waals surface area contributed by atoms with Crippen LogP contribution in [0, 0.1) is 10.1 Å². The molecule has 17 heavy (non-hydrogen) atoms. The van der Waals surface area contributed by atoms with Crippen molar-refractivity contribution in [2.75, 3.05) is 0 Å². The molecule has 0 N–H and O–H groups in total. The Bertz CT molecular complexity index is 525. The molecule has 0 aliphatic carbocycles. The molecule has 0 saturated carbocycles. The number of benzene rings is 1. The lowest BCUT2D eigenvalue weighted by atomic mass is 10.3. The van der Waals surface area contributed by atoms with Gasteiger partial charge < -0.3 is 4.74 Å². The normalized spacial score (nSPS) is 9.94. The average Bonchev–Trinajstić information content (AvgIpc) is 2.33. The van der Waals surface area contributed by atoms with E-state index in [1.165, 1.54) is 30.5 Å². The summed E-state index contributed by atoms with van der Waals surface area (Å²) in [5.41, 5.74) is 0.0152. The number of rotatable bonds is 3. The zero-order valence-corrected chi connectivity index (χ0v) is 9.29. The number of ether oxygens (including phenoxy) is 1. The summed E-state index contributed by atoms with van der Waals surface area (Å²) >= 11 is 5.68. The minimum atomic E-state index is -0.468. The van der Waals surface area contributed by atoms with Crippen molar-refractivity contribution in [3.8, 4) is 11.6 Å². The van der Waals surface area contributed by atoms with E-state index in [-0.39, 0.29) is 5.69 Å². The highest BCUT2D eigenvalue weighted by Crippen LogP contribution is 2.22. The lowest BCUT2D eigenvalue weighted by Gasteiger charge is -2.03. The van der Waals surface area contributed by atoms with E-state index in [0.717, 1.165) is 0 Å². The second-order valence-electron chi connectivity index (χ2n) is 3.17. The second kappa shape index (κ2) is 4.80. The minimum Gasteiger partial charge on any atom is -0.439 e. The summed E-state index contributed by atoms with van der Waals surface area (Å²) in [7, 11) is 0. The van der Waals surface area contributed by atoms with E-state index in [1.807, 2.05) is 0 Å². The number of hydrogen-bond acceptors (Lipinski definition) is 4. The van der Waals surface area contributed by atoms with Gasteiger partial charge in [0.05, 0.1) is 9.95 Å². The van der Waals surface area contributed by atoms with Gasteiger partial charge in [-0.2, -0.15) is 0 Å². The SMILES string of the molecule is O=[N+]([O-])c1ccc(Oc2ccc(Cl)cn2)cc1. The summed E-state index contributed by atoms with van der Waals surface area (Å²) in [4.78, 5) is 13.9. The van der Waals surface area contributed by atoms with Crippen molar-refractivity contribution < 1.29 is 9.66 Å². The van der Waals surface area contributed by atoms with E-state index in [9.17, 15) is 10.1 Å². The fraction of sp³-hybridized carbons (Fsp3) is 0. The minimum absolute atomic E-state index is 0.0152. The molecule has 86 valence electrons. The maximum atomic E-state index is 10.4. The summed E-state index contributed by atoms with van der Waals surface area (Å²) in [5, 5.41) is 11.0. The molecule has 0 fully saturated rings. The predicted octanol–water partition coefficient (Wildman–Crippen LogP) is 3.44. The first-order valence-electron chi connectivity index (χ1n) is 4.69. The lowest BCUT2D eigenvalue weighted by Crippen LogP contribution is -1.89. The van der Waals surface area contributed by atoms with E-state index < -0.39 is 4.92 Å². The van der Waals surface area contributed by atoms with Crippen molar-refractivity contribution in [1.82, 2.24) is 4.98 Å². The van der Waals surface area contributed by atoms with Gasteiger partial charge in [0.2, 0.25) is 5.88 Å². The van der Waals surface area contributed by atoms with Gasteiger partial charge in [-0.25, -0.2) is 4.98 Å². The first-order valence-corrected chi connectivity index (χ1v) is 5.07. The highest BCUT2D eigenvalue weighted by atomic mass is 35.5. The van der Waals surface area contributed by atoms with Crippen LogP contribution in [0.4, 0.5) is 5.69 Å². The van der Waals surface area contributed by atoms with E-state index >= 15 is 0 Å². The summed E-state index contributed by atoms with van der Waals surface area (Å²) < 4.78 is 5.38. The maximum absolute atomic E-state index is 10.4.